The minimum atomic E-state index is -1.00. The van der Waals surface area contributed by atoms with Crippen molar-refractivity contribution >= 4 is 5.97 Å². The number of methoxy groups -OCH3 is 1. The van der Waals surface area contributed by atoms with Gasteiger partial charge in [0, 0.05) is 12.6 Å². The van der Waals surface area contributed by atoms with Gasteiger partial charge in [0.05, 0.1) is 26.2 Å². The Kier molecular flexibility index (Phi) is 6.57. The molecule has 0 fully saturated rings. The zero-order chi connectivity index (χ0) is 15.1. The lowest BCUT2D eigenvalue weighted by Gasteiger charge is -2.23. The lowest BCUT2D eigenvalue weighted by molar-refractivity contribution is -0.142. The Morgan fingerprint density at radius 3 is 2.75 bits per heavy atom. The molecule has 20 heavy (non-hydrogen) atoms. The van der Waals surface area contributed by atoms with E-state index in [2.05, 4.69) is 10.1 Å². The highest BCUT2D eigenvalue weighted by molar-refractivity contribution is 5.70. The number of ether oxygens (including phenoxy) is 1. The van der Waals surface area contributed by atoms with Crippen molar-refractivity contribution in [2.24, 2.45) is 0 Å². The Morgan fingerprint density at radius 2 is 2.20 bits per heavy atom. The van der Waals surface area contributed by atoms with Crippen molar-refractivity contribution in [3.8, 4) is 0 Å². The average Bonchev–Trinajstić information content (AvgIpc) is 2.45. The predicted octanol–water partition coefficient (Wildman–Crippen LogP) is 0.681. The van der Waals surface area contributed by atoms with E-state index in [1.807, 2.05) is 0 Å². The standard InChI is InChI=1S/C14H20FNO4/c1-9-7-10(3-4-11(9)15)14(19)12(16-5-6-17)8-13(18)20-2/h3-4,7,12,14,16-17,19H,5-6,8H2,1-2H3. The molecule has 0 aliphatic heterocycles. The normalized spacial score (nSPS) is 13.8. The van der Waals surface area contributed by atoms with Gasteiger partial charge in [0.25, 0.3) is 0 Å². The fourth-order valence-electron chi connectivity index (χ4n) is 1.89. The smallest absolute Gasteiger partial charge is 0.307 e. The Hall–Kier alpha value is -1.50. The van der Waals surface area contributed by atoms with Crippen molar-refractivity contribution in [3.63, 3.8) is 0 Å². The molecule has 3 N–H and O–H groups in total. The lowest BCUT2D eigenvalue weighted by Crippen LogP contribution is -2.38. The fourth-order valence-corrected chi connectivity index (χ4v) is 1.89. The quantitative estimate of drug-likeness (QED) is 0.642. The van der Waals surface area contributed by atoms with E-state index in [0.29, 0.717) is 11.1 Å². The molecule has 1 aromatic carbocycles. The van der Waals surface area contributed by atoms with Crippen LogP contribution in [0.4, 0.5) is 4.39 Å². The molecule has 0 radical (unpaired) electrons. The Bertz CT molecular complexity index is 453. The van der Waals surface area contributed by atoms with Crippen LogP contribution in [-0.2, 0) is 9.53 Å². The maximum Gasteiger partial charge on any atom is 0.307 e. The third kappa shape index (κ3) is 4.56. The van der Waals surface area contributed by atoms with Crippen molar-refractivity contribution in [2.75, 3.05) is 20.3 Å². The molecule has 0 amide bonds. The summed E-state index contributed by atoms with van der Waals surface area (Å²) in [6.45, 7) is 1.72. The number of hydrogen-bond acceptors (Lipinski definition) is 5. The summed E-state index contributed by atoms with van der Waals surface area (Å²) in [5, 5.41) is 22.0. The molecule has 1 rings (SSSR count). The first-order valence-corrected chi connectivity index (χ1v) is 6.34. The molecule has 1 aromatic rings. The number of esters is 1. The van der Waals surface area contributed by atoms with E-state index in [9.17, 15) is 14.3 Å². The van der Waals surface area contributed by atoms with Crippen LogP contribution in [-0.4, -0.2) is 42.5 Å². The van der Waals surface area contributed by atoms with E-state index in [4.69, 9.17) is 5.11 Å². The van der Waals surface area contributed by atoms with Crippen molar-refractivity contribution in [1.82, 2.24) is 5.32 Å². The molecule has 0 heterocycles. The minimum Gasteiger partial charge on any atom is -0.469 e. The van der Waals surface area contributed by atoms with Gasteiger partial charge in [0.2, 0.25) is 0 Å². The number of aliphatic hydroxyl groups is 2. The van der Waals surface area contributed by atoms with Crippen LogP contribution in [0.1, 0.15) is 23.7 Å². The summed E-state index contributed by atoms with van der Waals surface area (Å²) in [4.78, 5) is 11.3. The zero-order valence-electron chi connectivity index (χ0n) is 11.6. The number of hydrogen-bond donors (Lipinski definition) is 3. The first-order valence-electron chi connectivity index (χ1n) is 6.34. The molecule has 5 nitrogen and oxygen atoms in total. The van der Waals surface area contributed by atoms with Crippen LogP contribution in [0.2, 0.25) is 0 Å². The summed E-state index contributed by atoms with van der Waals surface area (Å²) in [5.41, 5.74) is 0.920. The van der Waals surface area contributed by atoms with Gasteiger partial charge in [-0.2, -0.15) is 0 Å². The van der Waals surface area contributed by atoms with Gasteiger partial charge in [-0.1, -0.05) is 12.1 Å². The van der Waals surface area contributed by atoms with Crippen molar-refractivity contribution < 1.29 is 24.1 Å². The first-order chi connectivity index (χ1) is 9.49. The van der Waals surface area contributed by atoms with Gasteiger partial charge in [-0.25, -0.2) is 4.39 Å². The average molecular weight is 285 g/mol. The maximum atomic E-state index is 13.2. The fraction of sp³-hybridized carbons (Fsp3) is 0.500. The molecule has 0 aliphatic rings. The van der Waals surface area contributed by atoms with Crippen LogP contribution in [0.3, 0.4) is 0 Å². The van der Waals surface area contributed by atoms with E-state index in [0.717, 1.165) is 0 Å². The minimum absolute atomic E-state index is 0.0475. The molecule has 0 spiro atoms. The predicted molar refractivity (Wildman–Crippen MR) is 71.6 cm³/mol. The summed E-state index contributed by atoms with van der Waals surface area (Å²) in [7, 11) is 1.26. The van der Waals surface area contributed by atoms with Gasteiger partial charge in [0.15, 0.2) is 0 Å². The van der Waals surface area contributed by atoms with Crippen LogP contribution in [0, 0.1) is 12.7 Å². The van der Waals surface area contributed by atoms with Crippen molar-refractivity contribution in [1.29, 1.82) is 0 Å². The van der Waals surface area contributed by atoms with Crippen LogP contribution >= 0.6 is 0 Å². The molecular formula is C14H20FNO4. The second-order valence-corrected chi connectivity index (χ2v) is 4.52. The van der Waals surface area contributed by atoms with Crippen LogP contribution in [0.15, 0.2) is 18.2 Å². The monoisotopic (exact) mass is 285 g/mol. The van der Waals surface area contributed by atoms with Crippen LogP contribution in [0.5, 0.6) is 0 Å². The summed E-state index contributed by atoms with van der Waals surface area (Å²) in [5.74, 6) is -0.827. The summed E-state index contributed by atoms with van der Waals surface area (Å²) >= 11 is 0. The van der Waals surface area contributed by atoms with Crippen molar-refractivity contribution in [2.45, 2.75) is 25.5 Å². The number of aryl methyl sites for hydroxylation is 1. The number of aliphatic hydroxyl groups excluding tert-OH is 2. The van der Waals surface area contributed by atoms with E-state index < -0.39 is 18.1 Å². The molecule has 0 saturated carbocycles. The maximum absolute atomic E-state index is 13.2. The van der Waals surface area contributed by atoms with Crippen LogP contribution < -0.4 is 5.32 Å². The summed E-state index contributed by atoms with van der Waals surface area (Å²) < 4.78 is 17.8. The number of carbonyl (C=O) groups is 1. The summed E-state index contributed by atoms with van der Waals surface area (Å²) in [6.07, 6.45) is -1.05. The molecule has 2 atom stereocenters. The molecule has 0 saturated heterocycles. The van der Waals surface area contributed by atoms with Gasteiger partial charge < -0.3 is 20.3 Å². The highest BCUT2D eigenvalue weighted by Crippen LogP contribution is 2.21. The molecule has 2 unspecified atom stereocenters. The molecule has 0 aliphatic carbocycles. The van der Waals surface area contributed by atoms with Crippen molar-refractivity contribution in [3.05, 3.63) is 35.1 Å². The Balaban J connectivity index is 2.86. The zero-order valence-corrected chi connectivity index (χ0v) is 11.6. The third-order valence-electron chi connectivity index (χ3n) is 3.04. The second kappa shape index (κ2) is 7.94. The molecular weight excluding hydrogens is 265 g/mol. The number of nitrogens with one attached hydrogen (secondary N) is 1. The highest BCUT2D eigenvalue weighted by Gasteiger charge is 2.24. The first kappa shape index (κ1) is 16.6. The Morgan fingerprint density at radius 1 is 1.50 bits per heavy atom. The van der Waals surface area contributed by atoms with Gasteiger partial charge in [0.1, 0.15) is 5.82 Å². The van der Waals surface area contributed by atoms with E-state index in [1.54, 1.807) is 6.92 Å². The second-order valence-electron chi connectivity index (χ2n) is 4.52. The molecule has 0 bridgehead atoms. The van der Waals surface area contributed by atoms with E-state index in [-0.39, 0.29) is 25.4 Å². The number of benzene rings is 1. The SMILES string of the molecule is COC(=O)CC(NCCO)C(O)c1ccc(F)c(C)c1. The number of halogens is 1. The van der Waals surface area contributed by atoms with Gasteiger partial charge in [-0.15, -0.1) is 0 Å². The number of rotatable bonds is 7. The Labute approximate surface area is 117 Å². The van der Waals surface area contributed by atoms with Gasteiger partial charge in [-0.3, -0.25) is 4.79 Å². The molecule has 112 valence electrons. The summed E-state index contributed by atoms with van der Waals surface area (Å²) in [6, 6.07) is 3.66. The van der Waals surface area contributed by atoms with E-state index in [1.165, 1.54) is 25.3 Å². The topological polar surface area (TPSA) is 78.8 Å². The van der Waals surface area contributed by atoms with Gasteiger partial charge in [-0.05, 0) is 24.1 Å². The highest BCUT2D eigenvalue weighted by atomic mass is 19.1. The third-order valence-corrected chi connectivity index (χ3v) is 3.04. The number of carbonyl (C=O) groups excluding carboxylic acids is 1. The lowest BCUT2D eigenvalue weighted by atomic mass is 9.98. The van der Waals surface area contributed by atoms with Gasteiger partial charge >= 0.3 is 5.97 Å². The largest absolute Gasteiger partial charge is 0.469 e. The van der Waals surface area contributed by atoms with E-state index >= 15 is 0 Å². The molecule has 0 aromatic heterocycles. The van der Waals surface area contributed by atoms with Crippen LogP contribution in [0.25, 0.3) is 0 Å². The molecule has 6 heteroatoms.